The maximum absolute atomic E-state index is 14.6. The van der Waals surface area contributed by atoms with E-state index >= 15 is 0 Å². The molecule has 0 radical (unpaired) electrons. The van der Waals surface area contributed by atoms with E-state index in [0.717, 1.165) is 25.0 Å². The first kappa shape index (κ1) is 84.1. The smallest absolute Gasteiger partial charge is 0.358 e. The zero-order valence-electron chi connectivity index (χ0n) is 62.5. The van der Waals surface area contributed by atoms with Crippen molar-refractivity contribution in [2.24, 2.45) is 32.7 Å². The van der Waals surface area contributed by atoms with Crippen molar-refractivity contribution in [1.82, 2.24) is 45.9 Å². The summed E-state index contributed by atoms with van der Waals surface area (Å²) in [4.78, 5) is 113. The van der Waals surface area contributed by atoms with Gasteiger partial charge in [-0.05, 0) is 133 Å². The van der Waals surface area contributed by atoms with E-state index in [2.05, 4.69) is 55.8 Å². The largest absolute Gasteiger partial charge is 0.481 e. The highest BCUT2D eigenvalue weighted by molar-refractivity contribution is 7.12. The Hall–Kier alpha value is -10.9. The Kier molecular flexibility index (Phi) is 26.7. The first-order valence-electron chi connectivity index (χ1n) is 36.8. The Morgan fingerprint density at radius 2 is 0.872 bits per heavy atom. The van der Waals surface area contributed by atoms with Gasteiger partial charge in [0, 0.05) is 91.3 Å². The number of hydrogen-bond donors (Lipinski definition) is 6. The third-order valence-electron chi connectivity index (χ3n) is 20.7. The number of amidine groups is 3. The normalized spacial score (nSPS) is 21.3. The summed E-state index contributed by atoms with van der Waals surface area (Å²) in [6.07, 6.45) is 15.1. The molecule has 612 valence electrons. The van der Waals surface area contributed by atoms with Crippen molar-refractivity contribution < 1.29 is 93.5 Å². The Labute approximate surface area is 690 Å². The Morgan fingerprint density at radius 1 is 0.504 bits per heavy atom. The number of thiazole rings is 3. The number of hydrogen-bond acceptors (Lipinski definition) is 27. The molecule has 3 aliphatic heterocycles. The van der Waals surface area contributed by atoms with Gasteiger partial charge >= 0.3 is 35.8 Å². The quantitative estimate of drug-likeness (QED) is 0.0168. The van der Waals surface area contributed by atoms with Crippen LogP contribution in [-0.2, 0) is 51.0 Å². The number of aliphatic imine (C=N–C) groups is 3. The zero-order chi connectivity index (χ0) is 83.0. The van der Waals surface area contributed by atoms with Gasteiger partial charge < -0.3 is 58.7 Å². The van der Waals surface area contributed by atoms with Gasteiger partial charge in [0.1, 0.15) is 42.2 Å². The zero-order valence-corrected chi connectivity index (χ0v) is 67.2. The van der Waals surface area contributed by atoms with E-state index in [0.29, 0.717) is 154 Å². The minimum atomic E-state index is -1.23. The van der Waals surface area contributed by atoms with Crippen LogP contribution in [0.3, 0.4) is 0 Å². The molecule has 38 heteroatoms. The van der Waals surface area contributed by atoms with Gasteiger partial charge in [-0.25, -0.2) is 71.0 Å². The first-order chi connectivity index (χ1) is 56.3. The average molecular weight is 1730 g/mol. The van der Waals surface area contributed by atoms with Gasteiger partial charge in [0.2, 0.25) is 0 Å². The molecule has 3 aliphatic carbocycles. The van der Waals surface area contributed by atoms with Crippen LogP contribution in [0.1, 0.15) is 197 Å². The number of ether oxygens (including phenoxy) is 3. The van der Waals surface area contributed by atoms with Gasteiger partial charge in [-0.15, -0.1) is 34.0 Å². The molecule has 9 aromatic rings. The lowest BCUT2D eigenvalue weighted by Gasteiger charge is -2.34. The predicted octanol–water partition coefficient (Wildman–Crippen LogP) is 16.2. The minimum Gasteiger partial charge on any atom is -0.481 e. The molecule has 3 saturated carbocycles. The van der Waals surface area contributed by atoms with E-state index in [1.165, 1.54) is 91.1 Å². The summed E-state index contributed by atoms with van der Waals surface area (Å²) in [7, 11) is 2.55. The van der Waals surface area contributed by atoms with Gasteiger partial charge in [0.15, 0.2) is 79.2 Å². The highest BCUT2D eigenvalue weighted by atomic mass is 35.5. The number of nitrogens with one attached hydrogen (secondary N) is 3. The van der Waals surface area contributed by atoms with Crippen molar-refractivity contribution in [3.63, 3.8) is 0 Å². The highest BCUT2D eigenvalue weighted by Crippen LogP contribution is 2.49. The standard InChI is InChI=1S/C27H25ClF2N4O5S.C26H23ClF2N4O5S.C26H24ClFN4O5S/c1-3-38-27(37)17-21(13-4-6-14(7-5-13)24-34-20(26(35)36)12(2)39-24)32-23(25-31-10-11-40-25)33-22(17)15-8-9-16(29)19(30)18(15)28;1-37-26(36)18-21(12-2-4-13(5-3-12)24-31-14(11-38-24)10-17(34)35)32-23(25-30-8-9-39-25)33-22(18)15-6-7-16(28)20(29)19(15)27;1-36-26(35)20-21(13-2-4-14(5-3-13)24-30-16(12-37-24)11-19(33)34)31-23(25-29-8-9-38-25)32-22(20)17-7-6-15(28)10-18(17)27/h8-11,13-14,22H,3-7H2,1-2H3,(H,32,33)(H,35,36);6-9,11-13,22H,2-5,10H2,1H3,(H,32,33)(H,34,35);6-10,12-14,22H,2-5,11H2,1H3,(H,31,32)(H,33,34). The number of aliphatic carboxylic acids is 2. The van der Waals surface area contributed by atoms with Gasteiger partial charge in [-0.3, -0.25) is 24.6 Å². The number of aromatic carboxylic acids is 1. The number of rotatable bonds is 21. The Balaban J connectivity index is 0.000000152. The SMILES string of the molecule is CCOC(=O)C1=C(C2CCC(c3nc(C(=O)O)c(C)o3)CC2)NC(c2nccs2)=NC1c1ccc(F)c(F)c1Cl.COC(=O)C1=C(C2CCC(c3nc(CC(=O)O)co3)CC2)NC(c2nccs2)=NC1c1ccc(F)c(F)c1Cl.COC(=O)C1=C(C2CCC(c3nc(CC(=O)O)co3)CC2)NC(c2nccs2)=NC1c1ccc(F)cc1Cl. The third kappa shape index (κ3) is 18.8. The number of carbonyl (C=O) groups is 6. The molecule has 3 aromatic carbocycles. The fourth-order valence-electron chi connectivity index (χ4n) is 15.2. The molecule has 0 saturated heterocycles. The van der Waals surface area contributed by atoms with E-state index in [4.69, 9.17) is 77.5 Å². The lowest BCUT2D eigenvalue weighted by Crippen LogP contribution is -2.38. The molecule has 6 aromatic heterocycles. The molecule has 9 heterocycles. The minimum absolute atomic E-state index is 0.0156. The predicted molar refractivity (Wildman–Crippen MR) is 417 cm³/mol. The Morgan fingerprint density at radius 3 is 1.21 bits per heavy atom. The van der Waals surface area contributed by atoms with Crippen LogP contribution in [0.25, 0.3) is 0 Å². The van der Waals surface area contributed by atoms with Crippen molar-refractivity contribution in [1.29, 1.82) is 0 Å². The second-order valence-electron chi connectivity index (χ2n) is 27.8. The van der Waals surface area contributed by atoms with E-state index in [-0.39, 0.29) is 93.7 Å². The van der Waals surface area contributed by atoms with Crippen LogP contribution in [0.5, 0.6) is 0 Å². The van der Waals surface area contributed by atoms with Crippen LogP contribution in [0.2, 0.25) is 15.1 Å². The van der Waals surface area contributed by atoms with Crippen molar-refractivity contribution in [3.05, 3.63) is 240 Å². The van der Waals surface area contributed by atoms with Crippen molar-refractivity contribution in [3.8, 4) is 0 Å². The van der Waals surface area contributed by atoms with E-state index < -0.39 is 93.1 Å². The maximum Gasteiger partial charge on any atom is 0.358 e. The van der Waals surface area contributed by atoms with Crippen LogP contribution in [0, 0.1) is 53.8 Å². The molecule has 117 heavy (non-hydrogen) atoms. The monoisotopic (exact) mass is 1720 g/mol. The number of halogens is 8. The lowest BCUT2D eigenvalue weighted by molar-refractivity contribution is -0.139. The van der Waals surface area contributed by atoms with Crippen LogP contribution in [0.15, 0.2) is 152 Å². The molecule has 15 rings (SSSR count). The number of aromatic nitrogens is 6. The number of nitrogens with zero attached hydrogens (tertiary/aromatic N) is 9. The van der Waals surface area contributed by atoms with E-state index in [1.54, 1.807) is 43.2 Å². The lowest BCUT2D eigenvalue weighted by atomic mass is 9.78. The number of aryl methyl sites for hydroxylation is 1. The molecular formula is C79H72Cl3F5N12O15S3. The van der Waals surface area contributed by atoms with E-state index in [9.17, 15) is 55.8 Å². The fourth-order valence-corrected chi connectivity index (χ4v) is 17.7. The number of esters is 3. The van der Waals surface area contributed by atoms with Gasteiger partial charge in [0.25, 0.3) is 0 Å². The molecule has 27 nitrogen and oxygen atoms in total. The summed E-state index contributed by atoms with van der Waals surface area (Å²) in [6, 6.07) is 5.62. The number of benzene rings is 3. The molecule has 3 atom stereocenters. The molecule has 3 fully saturated rings. The molecule has 6 aliphatic rings. The highest BCUT2D eigenvalue weighted by Gasteiger charge is 2.44. The van der Waals surface area contributed by atoms with Crippen LogP contribution < -0.4 is 16.0 Å². The second kappa shape index (κ2) is 37.2. The number of carboxylic acids is 3. The maximum atomic E-state index is 14.6. The van der Waals surface area contributed by atoms with Crippen molar-refractivity contribution in [2.45, 2.75) is 140 Å². The molecule has 6 N–H and O–H groups in total. The third-order valence-corrected chi connectivity index (χ3v) is 24.1. The molecule has 0 amide bonds. The van der Waals surface area contributed by atoms with Gasteiger partial charge in [0.05, 0.1) is 71.8 Å². The summed E-state index contributed by atoms with van der Waals surface area (Å²) in [5, 5.41) is 43.6. The summed E-state index contributed by atoms with van der Waals surface area (Å²) in [5.74, 6) is -7.64. The molecule has 0 spiro atoms. The number of carbonyl (C=O) groups excluding carboxylic acids is 3. The summed E-state index contributed by atoms with van der Waals surface area (Å²) < 4.78 is 103. The van der Waals surface area contributed by atoms with Crippen LogP contribution in [0.4, 0.5) is 22.0 Å². The van der Waals surface area contributed by atoms with Crippen LogP contribution >= 0.6 is 68.8 Å². The van der Waals surface area contributed by atoms with Gasteiger partial charge in [-0.2, -0.15) is 0 Å². The average Bonchev–Trinajstić information content (AvgIpc) is 1.25. The van der Waals surface area contributed by atoms with Gasteiger partial charge in [-0.1, -0.05) is 53.0 Å². The number of oxazole rings is 3. The van der Waals surface area contributed by atoms with Crippen molar-refractivity contribution in [2.75, 3.05) is 20.8 Å². The number of carboxylic acid groups (broad SMARTS) is 3. The topological polar surface area (TPSA) is 381 Å². The second-order valence-corrected chi connectivity index (χ2v) is 31.7. The summed E-state index contributed by atoms with van der Waals surface area (Å²) in [6.45, 7) is 3.34. The molecule has 3 unspecified atom stereocenters. The number of allylic oxidation sites excluding steroid dienone is 3. The first-order valence-corrected chi connectivity index (χ1v) is 40.6. The van der Waals surface area contributed by atoms with Crippen LogP contribution in [-0.4, -0.2) is 119 Å². The fraction of sp³-hybridized carbons (Fsp3) is 0.354. The summed E-state index contributed by atoms with van der Waals surface area (Å²) in [5.41, 5.74) is 3.84. The summed E-state index contributed by atoms with van der Waals surface area (Å²) >= 11 is 23.0. The Bertz CT molecular complexity index is 5440. The van der Waals surface area contributed by atoms with Crippen molar-refractivity contribution >= 4 is 122 Å². The molecule has 0 bridgehead atoms. The molecular weight excluding hydrogens is 1650 g/mol. The van der Waals surface area contributed by atoms with E-state index in [1.807, 2.05) is 5.38 Å². The number of methoxy groups -OCH3 is 2.